The van der Waals surface area contributed by atoms with Crippen molar-refractivity contribution in [2.45, 2.75) is 57.5 Å². The van der Waals surface area contributed by atoms with Crippen molar-refractivity contribution < 1.29 is 14.6 Å². The van der Waals surface area contributed by atoms with Crippen LogP contribution in [0.3, 0.4) is 0 Å². The number of rotatable bonds is 4. The monoisotopic (exact) mass is 406 g/mol. The van der Waals surface area contributed by atoms with Crippen molar-refractivity contribution in [2.75, 3.05) is 13.1 Å². The van der Waals surface area contributed by atoms with E-state index in [4.69, 9.17) is 4.74 Å². The summed E-state index contributed by atoms with van der Waals surface area (Å²) in [5.74, 6) is 2.12. The average molecular weight is 407 g/mol. The summed E-state index contributed by atoms with van der Waals surface area (Å²) in [6.07, 6.45) is 4.77. The highest BCUT2D eigenvalue weighted by molar-refractivity contribution is 5.95. The number of phenols is 1. The van der Waals surface area contributed by atoms with E-state index in [1.807, 2.05) is 36.9 Å². The molecule has 5 rings (SSSR count). The minimum Gasteiger partial charge on any atom is -0.504 e. The first-order valence-electron chi connectivity index (χ1n) is 11.3. The van der Waals surface area contributed by atoms with Crippen LogP contribution >= 0.6 is 0 Å². The molecule has 2 N–H and O–H groups in total. The second-order valence-corrected chi connectivity index (χ2v) is 8.87. The number of amides is 1. The lowest BCUT2D eigenvalue weighted by Gasteiger charge is -2.38. The Kier molecular flexibility index (Phi) is 4.94. The first-order valence-corrected chi connectivity index (χ1v) is 11.3. The summed E-state index contributed by atoms with van der Waals surface area (Å²) < 4.78 is 6.20. The predicted molar refractivity (Wildman–Crippen MR) is 116 cm³/mol. The van der Waals surface area contributed by atoms with E-state index in [0.29, 0.717) is 48.2 Å². The smallest absolute Gasteiger partial charge is 0.253 e. The number of nitrogens with one attached hydrogen (secondary N) is 1. The van der Waals surface area contributed by atoms with Gasteiger partial charge in [0.1, 0.15) is 5.75 Å². The molecule has 0 radical (unpaired) electrons. The Morgan fingerprint density at radius 2 is 1.83 bits per heavy atom. The van der Waals surface area contributed by atoms with Crippen molar-refractivity contribution in [1.82, 2.24) is 10.2 Å². The van der Waals surface area contributed by atoms with Crippen molar-refractivity contribution in [3.63, 3.8) is 0 Å². The Morgan fingerprint density at radius 3 is 2.53 bits per heavy atom. The highest BCUT2D eigenvalue weighted by Crippen LogP contribution is 2.53. The van der Waals surface area contributed by atoms with E-state index in [1.165, 1.54) is 12.8 Å². The van der Waals surface area contributed by atoms with E-state index in [-0.39, 0.29) is 17.6 Å². The Morgan fingerprint density at radius 1 is 1.10 bits per heavy atom. The lowest BCUT2D eigenvalue weighted by Crippen LogP contribution is -2.40. The third-order valence-corrected chi connectivity index (χ3v) is 7.20. The molecule has 0 saturated carbocycles. The number of nitrogens with zero attached hydrogens (tertiary/aromatic N) is 1. The number of hydrogen-bond donors (Lipinski definition) is 2. The number of phenolic OH excluding ortho intramolecular Hbond substituents is 1. The summed E-state index contributed by atoms with van der Waals surface area (Å²) in [6.45, 7) is 5.34. The molecule has 5 nitrogen and oxygen atoms in total. The van der Waals surface area contributed by atoms with Gasteiger partial charge in [-0.05, 0) is 63.6 Å². The molecule has 3 heterocycles. The molecule has 0 aromatic heterocycles. The molecule has 2 unspecified atom stereocenters. The molecule has 2 aromatic carbocycles. The summed E-state index contributed by atoms with van der Waals surface area (Å²) in [7, 11) is 0. The third-order valence-electron chi connectivity index (χ3n) is 7.20. The first-order chi connectivity index (χ1) is 14.6. The number of para-hydroxylation sites is 1. The van der Waals surface area contributed by atoms with Gasteiger partial charge in [0.15, 0.2) is 11.5 Å². The van der Waals surface area contributed by atoms with Gasteiger partial charge in [-0.15, -0.1) is 0 Å². The SMILES string of the molecule is CCN(CC)C(=O)c1ccc2c(c1)Oc1c(O)cccc1[C@@H]2C1CC2CCC(C1)N2. The summed E-state index contributed by atoms with van der Waals surface area (Å²) >= 11 is 0. The molecule has 158 valence electrons. The van der Waals surface area contributed by atoms with Crippen LogP contribution in [0.2, 0.25) is 0 Å². The Hall–Kier alpha value is -2.53. The molecule has 2 saturated heterocycles. The standard InChI is InChI=1S/C25H30N2O3/c1-3-27(4-2)25(29)15-8-11-19-22(14-15)30-24-20(6-5-7-21(24)28)23(19)16-12-17-9-10-18(13-16)26-17/h5-8,11,14,16-18,23,26,28H,3-4,9-10,12-13H2,1-2H3/t16?,17?,18?,23-/m1/s1. The molecule has 3 atom stereocenters. The van der Waals surface area contributed by atoms with Crippen LogP contribution in [-0.2, 0) is 0 Å². The highest BCUT2D eigenvalue weighted by atomic mass is 16.5. The minimum atomic E-state index is 0.0194. The van der Waals surface area contributed by atoms with Gasteiger partial charge in [0, 0.05) is 47.8 Å². The Labute approximate surface area is 178 Å². The van der Waals surface area contributed by atoms with E-state index >= 15 is 0 Å². The van der Waals surface area contributed by atoms with Gasteiger partial charge >= 0.3 is 0 Å². The zero-order valence-electron chi connectivity index (χ0n) is 17.7. The number of benzene rings is 2. The molecule has 0 aliphatic carbocycles. The number of ether oxygens (including phenoxy) is 1. The number of aromatic hydroxyl groups is 1. The van der Waals surface area contributed by atoms with Gasteiger partial charge in [-0.2, -0.15) is 0 Å². The Bertz CT molecular complexity index is 957. The van der Waals surface area contributed by atoms with Gasteiger partial charge < -0.3 is 20.1 Å². The molecule has 3 aliphatic rings. The van der Waals surface area contributed by atoms with Crippen LogP contribution in [0.15, 0.2) is 36.4 Å². The number of piperidine rings is 1. The second-order valence-electron chi connectivity index (χ2n) is 8.87. The molecule has 2 aromatic rings. The third kappa shape index (κ3) is 3.16. The topological polar surface area (TPSA) is 61.8 Å². The van der Waals surface area contributed by atoms with Gasteiger partial charge in [-0.1, -0.05) is 18.2 Å². The molecule has 3 aliphatic heterocycles. The number of carbonyl (C=O) groups excluding carboxylic acids is 1. The van der Waals surface area contributed by atoms with Gasteiger partial charge in [0.25, 0.3) is 5.91 Å². The molecule has 5 heteroatoms. The van der Waals surface area contributed by atoms with Crippen LogP contribution in [0, 0.1) is 5.92 Å². The first kappa shape index (κ1) is 19.4. The molecule has 0 spiro atoms. The van der Waals surface area contributed by atoms with Crippen molar-refractivity contribution in [2.24, 2.45) is 5.92 Å². The maximum atomic E-state index is 12.9. The molecular formula is C25H30N2O3. The zero-order chi connectivity index (χ0) is 20.8. The van der Waals surface area contributed by atoms with E-state index < -0.39 is 0 Å². The number of hydrogen-bond acceptors (Lipinski definition) is 4. The average Bonchev–Trinajstić information content (AvgIpc) is 3.10. The minimum absolute atomic E-state index is 0.0194. The van der Waals surface area contributed by atoms with Crippen molar-refractivity contribution in [3.8, 4) is 17.2 Å². The lowest BCUT2D eigenvalue weighted by molar-refractivity contribution is 0.0772. The van der Waals surface area contributed by atoms with Gasteiger partial charge in [0.2, 0.25) is 0 Å². The van der Waals surface area contributed by atoms with Gasteiger partial charge in [-0.3, -0.25) is 4.79 Å². The van der Waals surface area contributed by atoms with E-state index in [2.05, 4.69) is 17.4 Å². The highest BCUT2D eigenvalue weighted by Gasteiger charge is 2.41. The summed E-state index contributed by atoms with van der Waals surface area (Å²) in [5.41, 5.74) is 2.84. The molecule has 1 amide bonds. The molecule has 2 bridgehead atoms. The van der Waals surface area contributed by atoms with Crippen LogP contribution < -0.4 is 10.1 Å². The van der Waals surface area contributed by atoms with Crippen LogP contribution in [0.5, 0.6) is 17.2 Å². The fourth-order valence-electron chi connectivity index (χ4n) is 5.76. The van der Waals surface area contributed by atoms with E-state index in [0.717, 1.165) is 24.0 Å². The lowest BCUT2D eigenvalue weighted by atomic mass is 9.73. The van der Waals surface area contributed by atoms with Crippen molar-refractivity contribution >= 4 is 5.91 Å². The summed E-state index contributed by atoms with van der Waals surface area (Å²) in [4.78, 5) is 14.7. The Balaban J connectivity index is 1.57. The molecule has 30 heavy (non-hydrogen) atoms. The normalized spacial score (nSPS) is 26.5. The summed E-state index contributed by atoms with van der Waals surface area (Å²) in [5, 5.41) is 14.3. The summed E-state index contributed by atoms with van der Waals surface area (Å²) in [6, 6.07) is 12.7. The number of fused-ring (bicyclic) bond motifs is 4. The van der Waals surface area contributed by atoms with Crippen LogP contribution in [0.4, 0.5) is 0 Å². The van der Waals surface area contributed by atoms with Crippen molar-refractivity contribution in [1.29, 1.82) is 0 Å². The zero-order valence-corrected chi connectivity index (χ0v) is 17.7. The fourth-order valence-corrected chi connectivity index (χ4v) is 5.76. The molecular weight excluding hydrogens is 376 g/mol. The maximum absolute atomic E-state index is 12.9. The second kappa shape index (κ2) is 7.62. The number of carbonyl (C=O) groups is 1. The van der Waals surface area contributed by atoms with E-state index in [9.17, 15) is 9.90 Å². The quantitative estimate of drug-likeness (QED) is 0.776. The maximum Gasteiger partial charge on any atom is 0.253 e. The van der Waals surface area contributed by atoms with Crippen molar-refractivity contribution in [3.05, 3.63) is 53.1 Å². The van der Waals surface area contributed by atoms with Crippen LogP contribution in [0.1, 0.15) is 66.9 Å². The van der Waals surface area contributed by atoms with Crippen LogP contribution in [-0.4, -0.2) is 41.1 Å². The van der Waals surface area contributed by atoms with Gasteiger partial charge in [0.05, 0.1) is 0 Å². The fraction of sp³-hybridized carbons (Fsp3) is 0.480. The van der Waals surface area contributed by atoms with E-state index in [1.54, 1.807) is 6.07 Å². The van der Waals surface area contributed by atoms with Crippen LogP contribution in [0.25, 0.3) is 0 Å². The predicted octanol–water partition coefficient (Wildman–Crippen LogP) is 4.64. The largest absolute Gasteiger partial charge is 0.504 e. The van der Waals surface area contributed by atoms with Gasteiger partial charge in [-0.25, -0.2) is 0 Å². The molecule has 2 fully saturated rings.